The number of halogens is 2. The molecule has 0 atom stereocenters. The summed E-state index contributed by atoms with van der Waals surface area (Å²) in [4.78, 5) is 3.96. The molecule has 3 nitrogen and oxygen atoms in total. The first-order valence-electron chi connectivity index (χ1n) is 6.83. The third-order valence-corrected chi connectivity index (χ3v) is 2.79. The highest BCUT2D eigenvalue weighted by molar-refractivity contribution is 5.32. The smallest absolute Gasteiger partial charge is 0.223 e. The van der Waals surface area contributed by atoms with Gasteiger partial charge in [0, 0.05) is 12.1 Å². The highest BCUT2D eigenvalue weighted by Gasteiger charge is 2.09. The average Bonchev–Trinajstić information content (AvgIpc) is 2.43. The van der Waals surface area contributed by atoms with Crippen molar-refractivity contribution < 1.29 is 13.5 Å². The highest BCUT2D eigenvalue weighted by Crippen LogP contribution is 2.23. The molecule has 0 aliphatic carbocycles. The molecule has 0 unspecified atom stereocenters. The summed E-state index contributed by atoms with van der Waals surface area (Å²) >= 11 is 0. The molecule has 0 saturated carbocycles. The lowest BCUT2D eigenvalue weighted by atomic mass is 10.2. The Morgan fingerprint density at radius 3 is 2.52 bits per heavy atom. The van der Waals surface area contributed by atoms with Gasteiger partial charge in [-0.25, -0.2) is 13.8 Å². The predicted molar refractivity (Wildman–Crippen MR) is 77.2 cm³/mol. The fourth-order valence-corrected chi connectivity index (χ4v) is 1.80. The molecular weight excluding hydrogens is 274 g/mol. The minimum absolute atomic E-state index is 0.319. The zero-order chi connectivity index (χ0) is 15.2. The van der Waals surface area contributed by atoms with Crippen LogP contribution >= 0.6 is 0 Å². The number of hydrogen-bond donors (Lipinski definition) is 1. The van der Waals surface area contributed by atoms with Crippen LogP contribution in [-0.2, 0) is 6.54 Å². The van der Waals surface area contributed by atoms with Gasteiger partial charge in [-0.15, -0.1) is 0 Å². The number of rotatable bonds is 6. The van der Waals surface area contributed by atoms with Crippen molar-refractivity contribution in [3.05, 3.63) is 53.7 Å². The van der Waals surface area contributed by atoms with Crippen LogP contribution in [-0.4, -0.2) is 11.5 Å². The molecule has 1 N–H and O–H groups in total. The van der Waals surface area contributed by atoms with E-state index >= 15 is 0 Å². The lowest BCUT2D eigenvalue weighted by Gasteiger charge is -2.12. The Kier molecular flexibility index (Phi) is 5.22. The monoisotopic (exact) mass is 292 g/mol. The third kappa shape index (κ3) is 4.79. The van der Waals surface area contributed by atoms with Crippen LogP contribution in [0.15, 0.2) is 36.5 Å². The topological polar surface area (TPSA) is 34.2 Å². The maximum atomic E-state index is 13.3. The van der Waals surface area contributed by atoms with Crippen LogP contribution in [0.2, 0.25) is 0 Å². The molecule has 112 valence electrons. The summed E-state index contributed by atoms with van der Waals surface area (Å²) in [6, 6.07) is 7.00. The first-order valence-corrected chi connectivity index (χ1v) is 6.83. The number of aromatic nitrogens is 1. The zero-order valence-corrected chi connectivity index (χ0v) is 12.1. The summed E-state index contributed by atoms with van der Waals surface area (Å²) in [6.45, 7) is 5.45. The van der Waals surface area contributed by atoms with Crippen molar-refractivity contribution in [3.8, 4) is 11.6 Å². The number of nitrogens with one attached hydrogen (secondary N) is 1. The molecule has 2 aromatic rings. The molecule has 1 aromatic carbocycles. The molecular formula is C16H18F2N2O. The van der Waals surface area contributed by atoms with Crippen molar-refractivity contribution in [2.45, 2.75) is 20.4 Å². The van der Waals surface area contributed by atoms with Crippen LogP contribution in [0.5, 0.6) is 11.6 Å². The summed E-state index contributed by atoms with van der Waals surface area (Å²) in [5, 5.41) is 3.22. The second-order valence-corrected chi connectivity index (χ2v) is 5.20. The first kappa shape index (κ1) is 15.4. The van der Waals surface area contributed by atoms with Crippen LogP contribution in [0.25, 0.3) is 0 Å². The Balaban J connectivity index is 2.12. The van der Waals surface area contributed by atoms with Gasteiger partial charge >= 0.3 is 0 Å². The molecule has 0 bridgehead atoms. The van der Waals surface area contributed by atoms with E-state index < -0.39 is 5.82 Å². The SMILES string of the molecule is CC(C)CNCc1cc(F)cnc1Oc1ccc(F)cc1. The third-order valence-electron chi connectivity index (χ3n) is 2.79. The van der Waals surface area contributed by atoms with E-state index in [-0.39, 0.29) is 5.82 Å². The fourth-order valence-electron chi connectivity index (χ4n) is 1.80. The second-order valence-electron chi connectivity index (χ2n) is 5.20. The van der Waals surface area contributed by atoms with Gasteiger partial charge in [-0.05, 0) is 42.8 Å². The van der Waals surface area contributed by atoms with Gasteiger partial charge < -0.3 is 10.1 Å². The summed E-state index contributed by atoms with van der Waals surface area (Å²) in [5.41, 5.74) is 0.625. The molecule has 0 aliphatic rings. The van der Waals surface area contributed by atoms with Gasteiger partial charge in [0.1, 0.15) is 17.4 Å². The number of pyridine rings is 1. The van der Waals surface area contributed by atoms with E-state index in [9.17, 15) is 8.78 Å². The largest absolute Gasteiger partial charge is 0.439 e. The number of ether oxygens (including phenoxy) is 1. The Morgan fingerprint density at radius 1 is 1.14 bits per heavy atom. The molecule has 21 heavy (non-hydrogen) atoms. The van der Waals surface area contributed by atoms with Crippen LogP contribution in [0.4, 0.5) is 8.78 Å². The molecule has 5 heteroatoms. The molecule has 1 heterocycles. The number of nitrogens with zero attached hydrogens (tertiary/aromatic N) is 1. The Labute approximate surface area is 123 Å². The average molecular weight is 292 g/mol. The quantitative estimate of drug-likeness (QED) is 0.877. The minimum Gasteiger partial charge on any atom is -0.439 e. The second kappa shape index (κ2) is 7.13. The van der Waals surface area contributed by atoms with Gasteiger partial charge in [-0.2, -0.15) is 0 Å². The van der Waals surface area contributed by atoms with Crippen molar-refractivity contribution in [1.82, 2.24) is 10.3 Å². The van der Waals surface area contributed by atoms with Crippen molar-refractivity contribution in [2.24, 2.45) is 5.92 Å². The van der Waals surface area contributed by atoms with Crippen LogP contribution in [0.3, 0.4) is 0 Å². The van der Waals surface area contributed by atoms with Gasteiger partial charge in [-0.1, -0.05) is 13.8 Å². The Morgan fingerprint density at radius 2 is 1.86 bits per heavy atom. The Hall–Kier alpha value is -2.01. The predicted octanol–water partition coefficient (Wildman–Crippen LogP) is 3.90. The van der Waals surface area contributed by atoms with E-state index in [1.165, 1.54) is 30.3 Å². The fraction of sp³-hybridized carbons (Fsp3) is 0.312. The summed E-state index contributed by atoms with van der Waals surface area (Å²) in [5.74, 6) is 0.518. The van der Waals surface area contributed by atoms with E-state index in [1.54, 1.807) is 0 Å². The van der Waals surface area contributed by atoms with Crippen LogP contribution in [0, 0.1) is 17.6 Å². The van der Waals surface area contributed by atoms with Gasteiger partial charge in [0.25, 0.3) is 0 Å². The molecule has 0 spiro atoms. The molecule has 0 radical (unpaired) electrons. The summed E-state index contributed by atoms with van der Waals surface area (Å²) < 4.78 is 31.8. The lowest BCUT2D eigenvalue weighted by Crippen LogP contribution is -2.19. The number of hydrogen-bond acceptors (Lipinski definition) is 3. The summed E-state index contributed by atoms with van der Waals surface area (Å²) in [6.07, 6.45) is 1.10. The normalized spacial score (nSPS) is 10.9. The van der Waals surface area contributed by atoms with Crippen LogP contribution in [0.1, 0.15) is 19.4 Å². The van der Waals surface area contributed by atoms with Crippen molar-refractivity contribution in [3.63, 3.8) is 0 Å². The highest BCUT2D eigenvalue weighted by atomic mass is 19.1. The van der Waals surface area contributed by atoms with E-state index in [1.807, 2.05) is 0 Å². The van der Waals surface area contributed by atoms with Gasteiger partial charge in [0.15, 0.2) is 0 Å². The minimum atomic E-state index is -0.414. The first-order chi connectivity index (χ1) is 10.0. The maximum Gasteiger partial charge on any atom is 0.223 e. The molecule has 0 aliphatic heterocycles. The standard InChI is InChI=1S/C16H18F2N2O/c1-11(2)8-19-9-12-7-14(18)10-20-16(12)21-15-5-3-13(17)4-6-15/h3-7,10-11,19H,8-9H2,1-2H3. The van der Waals surface area contributed by atoms with Gasteiger partial charge in [0.05, 0.1) is 6.20 Å². The lowest BCUT2D eigenvalue weighted by molar-refractivity contribution is 0.444. The van der Waals surface area contributed by atoms with Crippen molar-refractivity contribution in [1.29, 1.82) is 0 Å². The van der Waals surface area contributed by atoms with E-state index in [2.05, 4.69) is 24.1 Å². The Bertz CT molecular complexity index is 585. The van der Waals surface area contributed by atoms with Crippen molar-refractivity contribution in [2.75, 3.05) is 6.54 Å². The van der Waals surface area contributed by atoms with Gasteiger partial charge in [-0.3, -0.25) is 0 Å². The van der Waals surface area contributed by atoms with E-state index in [0.717, 1.165) is 12.7 Å². The number of benzene rings is 1. The van der Waals surface area contributed by atoms with Gasteiger partial charge in [0.2, 0.25) is 5.88 Å². The zero-order valence-electron chi connectivity index (χ0n) is 12.1. The molecule has 0 saturated heterocycles. The van der Waals surface area contributed by atoms with E-state index in [4.69, 9.17) is 4.74 Å². The van der Waals surface area contributed by atoms with Crippen LogP contribution < -0.4 is 10.1 Å². The molecule has 1 aromatic heterocycles. The molecule has 2 rings (SSSR count). The summed E-state index contributed by atoms with van der Waals surface area (Å²) in [7, 11) is 0. The molecule has 0 amide bonds. The maximum absolute atomic E-state index is 13.3. The molecule has 0 fully saturated rings. The van der Waals surface area contributed by atoms with E-state index in [0.29, 0.717) is 29.7 Å². The van der Waals surface area contributed by atoms with Crippen molar-refractivity contribution >= 4 is 0 Å².